The molecule has 0 aliphatic carbocycles. The average molecular weight is 331 g/mol. The average Bonchev–Trinajstić information content (AvgIpc) is 2.43. The maximum Gasteiger partial charge on any atom is 0.416 e. The summed E-state index contributed by atoms with van der Waals surface area (Å²) in [4.78, 5) is 33.7. The zero-order valence-electron chi connectivity index (χ0n) is 12.2. The van der Waals surface area contributed by atoms with E-state index in [4.69, 9.17) is 11.5 Å². The molecule has 0 aliphatic rings. The van der Waals surface area contributed by atoms with Gasteiger partial charge in [0.25, 0.3) is 0 Å². The zero-order chi connectivity index (χ0) is 17.8. The number of carbonyl (C=O) groups excluding carboxylic acids is 3. The van der Waals surface area contributed by atoms with Gasteiger partial charge >= 0.3 is 6.18 Å². The summed E-state index contributed by atoms with van der Waals surface area (Å²) in [6, 6.07) is 2.74. The standard InChI is InChI=1S/C14H16F3N3O3/c1-7(6-10(21)20-11(12(18)22)13(19)23)8-2-4-9(5-3-8)14(15,16)17/h2-5,7,11H,6H2,1H3,(H2,18,22)(H2,19,23)(H,20,21). The highest BCUT2D eigenvalue weighted by Crippen LogP contribution is 2.30. The predicted molar refractivity (Wildman–Crippen MR) is 74.8 cm³/mol. The molecule has 23 heavy (non-hydrogen) atoms. The number of primary amides is 2. The van der Waals surface area contributed by atoms with Gasteiger partial charge in [0, 0.05) is 6.42 Å². The number of benzene rings is 1. The van der Waals surface area contributed by atoms with Crippen LogP contribution in [0.1, 0.15) is 30.4 Å². The number of nitrogens with two attached hydrogens (primary N) is 2. The lowest BCUT2D eigenvalue weighted by molar-refractivity contribution is -0.137. The Labute approximate surface area is 130 Å². The molecular formula is C14H16F3N3O3. The molecular weight excluding hydrogens is 315 g/mol. The minimum atomic E-state index is -4.44. The number of alkyl halides is 3. The highest BCUT2D eigenvalue weighted by atomic mass is 19.4. The van der Waals surface area contributed by atoms with Gasteiger partial charge in [-0.15, -0.1) is 0 Å². The summed E-state index contributed by atoms with van der Waals surface area (Å²) in [5.74, 6) is -3.28. The van der Waals surface area contributed by atoms with Crippen molar-refractivity contribution < 1.29 is 27.6 Å². The summed E-state index contributed by atoms with van der Waals surface area (Å²) in [6.07, 6.45) is -4.59. The molecule has 1 aromatic carbocycles. The lowest BCUT2D eigenvalue weighted by Gasteiger charge is -2.16. The van der Waals surface area contributed by atoms with Crippen molar-refractivity contribution >= 4 is 17.7 Å². The third-order valence-corrected chi connectivity index (χ3v) is 3.17. The van der Waals surface area contributed by atoms with E-state index in [1.807, 2.05) is 0 Å². The third kappa shape index (κ3) is 5.28. The van der Waals surface area contributed by atoms with Crippen molar-refractivity contribution in [2.45, 2.75) is 31.5 Å². The Bertz CT molecular complexity index is 586. The Morgan fingerprint density at radius 3 is 1.96 bits per heavy atom. The molecule has 1 aromatic rings. The van der Waals surface area contributed by atoms with Crippen LogP contribution in [0.3, 0.4) is 0 Å². The zero-order valence-corrected chi connectivity index (χ0v) is 12.2. The topological polar surface area (TPSA) is 115 Å². The highest BCUT2D eigenvalue weighted by Gasteiger charge is 2.30. The van der Waals surface area contributed by atoms with Crippen molar-refractivity contribution in [2.24, 2.45) is 11.5 Å². The smallest absolute Gasteiger partial charge is 0.367 e. The highest BCUT2D eigenvalue weighted by molar-refractivity contribution is 6.05. The first kappa shape index (κ1) is 18.5. The lowest BCUT2D eigenvalue weighted by atomic mass is 9.96. The summed E-state index contributed by atoms with van der Waals surface area (Å²) in [5, 5.41) is 2.08. The molecule has 1 atom stereocenters. The van der Waals surface area contributed by atoms with Gasteiger partial charge in [0.1, 0.15) is 0 Å². The van der Waals surface area contributed by atoms with Crippen molar-refractivity contribution in [2.75, 3.05) is 0 Å². The Morgan fingerprint density at radius 2 is 1.57 bits per heavy atom. The third-order valence-electron chi connectivity index (χ3n) is 3.17. The van der Waals surface area contributed by atoms with Crippen molar-refractivity contribution in [1.82, 2.24) is 5.32 Å². The van der Waals surface area contributed by atoms with E-state index in [1.54, 1.807) is 6.92 Å². The number of halogens is 3. The number of hydrogen-bond acceptors (Lipinski definition) is 3. The molecule has 0 bridgehead atoms. The van der Waals surface area contributed by atoms with Crippen molar-refractivity contribution in [3.8, 4) is 0 Å². The summed E-state index contributed by atoms with van der Waals surface area (Å²) in [5.41, 5.74) is 9.56. The van der Waals surface area contributed by atoms with Gasteiger partial charge in [0.15, 0.2) is 6.04 Å². The van der Waals surface area contributed by atoms with Crippen LogP contribution in [0.5, 0.6) is 0 Å². The molecule has 0 spiro atoms. The van der Waals surface area contributed by atoms with Gasteiger partial charge < -0.3 is 16.8 Å². The monoisotopic (exact) mass is 331 g/mol. The quantitative estimate of drug-likeness (QED) is 0.665. The maximum absolute atomic E-state index is 12.5. The summed E-state index contributed by atoms with van der Waals surface area (Å²) in [6.45, 7) is 1.62. The molecule has 1 rings (SSSR count). The molecule has 0 saturated carbocycles. The second-order valence-electron chi connectivity index (χ2n) is 5.03. The van der Waals surface area contributed by atoms with E-state index in [-0.39, 0.29) is 6.42 Å². The lowest BCUT2D eigenvalue weighted by Crippen LogP contribution is -2.52. The second-order valence-corrected chi connectivity index (χ2v) is 5.03. The first-order valence-electron chi connectivity index (χ1n) is 6.57. The molecule has 0 aliphatic heterocycles. The van der Waals surface area contributed by atoms with E-state index < -0.39 is 41.4 Å². The molecule has 3 amide bonds. The van der Waals surface area contributed by atoms with E-state index in [0.29, 0.717) is 5.56 Å². The molecule has 0 aromatic heterocycles. The van der Waals surface area contributed by atoms with Crippen LogP contribution >= 0.6 is 0 Å². The molecule has 0 radical (unpaired) electrons. The van der Waals surface area contributed by atoms with Crippen LogP contribution in [0, 0.1) is 0 Å². The fourth-order valence-electron chi connectivity index (χ4n) is 1.90. The second kappa shape index (κ2) is 7.12. The SMILES string of the molecule is CC(CC(=O)NC(C(N)=O)C(N)=O)c1ccc(C(F)(F)F)cc1. The van der Waals surface area contributed by atoms with Crippen LogP contribution in [0.15, 0.2) is 24.3 Å². The van der Waals surface area contributed by atoms with E-state index >= 15 is 0 Å². The molecule has 1 unspecified atom stereocenters. The van der Waals surface area contributed by atoms with E-state index in [9.17, 15) is 27.6 Å². The molecule has 5 N–H and O–H groups in total. The van der Waals surface area contributed by atoms with Gasteiger partial charge in [-0.2, -0.15) is 13.2 Å². The van der Waals surface area contributed by atoms with E-state index in [2.05, 4.69) is 5.32 Å². The molecule has 0 fully saturated rings. The number of hydrogen-bond donors (Lipinski definition) is 3. The van der Waals surface area contributed by atoms with Crippen LogP contribution in [-0.2, 0) is 20.6 Å². The Morgan fingerprint density at radius 1 is 1.09 bits per heavy atom. The fraction of sp³-hybridized carbons (Fsp3) is 0.357. The van der Waals surface area contributed by atoms with Gasteiger partial charge in [0.05, 0.1) is 5.56 Å². The van der Waals surface area contributed by atoms with Gasteiger partial charge in [-0.1, -0.05) is 19.1 Å². The Kier molecular flexibility index (Phi) is 5.72. The van der Waals surface area contributed by atoms with Crippen LogP contribution < -0.4 is 16.8 Å². The van der Waals surface area contributed by atoms with Crippen LogP contribution in [-0.4, -0.2) is 23.8 Å². The maximum atomic E-state index is 12.5. The van der Waals surface area contributed by atoms with Crippen molar-refractivity contribution in [1.29, 1.82) is 0 Å². The van der Waals surface area contributed by atoms with Gasteiger partial charge in [-0.25, -0.2) is 0 Å². The first-order chi connectivity index (χ1) is 10.5. The van der Waals surface area contributed by atoms with Crippen LogP contribution in [0.4, 0.5) is 13.2 Å². The molecule has 6 nitrogen and oxygen atoms in total. The molecule has 0 saturated heterocycles. The van der Waals surface area contributed by atoms with E-state index in [0.717, 1.165) is 12.1 Å². The van der Waals surface area contributed by atoms with E-state index in [1.165, 1.54) is 12.1 Å². The minimum absolute atomic E-state index is 0.150. The summed E-state index contributed by atoms with van der Waals surface area (Å²) in [7, 11) is 0. The largest absolute Gasteiger partial charge is 0.416 e. The van der Waals surface area contributed by atoms with Gasteiger partial charge in [-0.05, 0) is 23.6 Å². The Hall–Kier alpha value is -2.58. The molecule has 0 heterocycles. The fourth-order valence-corrected chi connectivity index (χ4v) is 1.90. The first-order valence-corrected chi connectivity index (χ1v) is 6.57. The molecule has 9 heteroatoms. The van der Waals surface area contributed by atoms with Crippen LogP contribution in [0.2, 0.25) is 0 Å². The summed E-state index contributed by atoms with van der Waals surface area (Å²) >= 11 is 0. The number of rotatable bonds is 6. The minimum Gasteiger partial charge on any atom is -0.367 e. The number of nitrogens with one attached hydrogen (secondary N) is 1. The summed E-state index contributed by atoms with van der Waals surface area (Å²) < 4.78 is 37.4. The van der Waals surface area contributed by atoms with Gasteiger partial charge in [-0.3, -0.25) is 14.4 Å². The predicted octanol–water partition coefficient (Wildman–Crippen LogP) is 0.654. The number of carbonyl (C=O) groups is 3. The number of amides is 3. The molecule has 126 valence electrons. The normalized spacial score (nSPS) is 12.7. The van der Waals surface area contributed by atoms with Crippen LogP contribution in [0.25, 0.3) is 0 Å². The van der Waals surface area contributed by atoms with Crippen molar-refractivity contribution in [3.63, 3.8) is 0 Å². The Balaban J connectivity index is 2.72. The van der Waals surface area contributed by atoms with Gasteiger partial charge in [0.2, 0.25) is 17.7 Å². The van der Waals surface area contributed by atoms with Crippen molar-refractivity contribution in [3.05, 3.63) is 35.4 Å².